The molecule has 7 nitrogen and oxygen atoms in total. The van der Waals surface area contributed by atoms with E-state index in [1.54, 1.807) is 30.3 Å². The van der Waals surface area contributed by atoms with Gasteiger partial charge in [0, 0.05) is 11.1 Å². The third-order valence-corrected chi connectivity index (χ3v) is 3.62. The third-order valence-electron chi connectivity index (χ3n) is 3.62. The van der Waals surface area contributed by atoms with Gasteiger partial charge in [-0.2, -0.15) is 10.4 Å². The van der Waals surface area contributed by atoms with E-state index in [0.29, 0.717) is 16.8 Å². The number of hydroxylamine groups is 1. The fourth-order valence-electron chi connectivity index (χ4n) is 2.54. The lowest BCUT2D eigenvalue weighted by molar-refractivity contribution is 0.0433. The van der Waals surface area contributed by atoms with Gasteiger partial charge in [-0.05, 0) is 5.56 Å². The van der Waals surface area contributed by atoms with Gasteiger partial charge in [-0.25, -0.2) is 10.6 Å². The monoisotopic (exact) mass is 346 g/mol. The molecule has 0 spiro atoms. The van der Waals surface area contributed by atoms with Crippen LogP contribution in [0.4, 0.5) is 0 Å². The molecule has 3 rings (SSSR count). The molecule has 128 valence electrons. The Kier molecular flexibility index (Phi) is 5.17. The lowest BCUT2D eigenvalue weighted by atomic mass is 9.95. The molecule has 2 aromatic carbocycles. The Hall–Kier alpha value is -3.76. The quantitative estimate of drug-likeness (QED) is 0.544. The van der Waals surface area contributed by atoms with Crippen molar-refractivity contribution in [1.29, 1.82) is 5.26 Å². The summed E-state index contributed by atoms with van der Waals surface area (Å²) in [6.45, 7) is -0.332. The van der Waals surface area contributed by atoms with Crippen LogP contribution in [0.25, 0.3) is 22.4 Å². The maximum absolute atomic E-state index is 12.5. The lowest BCUT2D eigenvalue weighted by Crippen LogP contribution is -2.31. The topological polar surface area (TPSA) is 108 Å². The molecule has 0 bridgehead atoms. The molecule has 7 heteroatoms. The number of hydrogen-bond acceptors (Lipinski definition) is 5. The van der Waals surface area contributed by atoms with Crippen LogP contribution in [0.2, 0.25) is 0 Å². The van der Waals surface area contributed by atoms with Crippen molar-refractivity contribution >= 4 is 5.91 Å². The predicted octanol–water partition coefficient (Wildman–Crippen LogP) is 2.29. The highest BCUT2D eigenvalue weighted by atomic mass is 16.6. The largest absolute Gasteiger partial charge is 0.281 e. The molecule has 1 heterocycles. The fourth-order valence-corrected chi connectivity index (χ4v) is 2.54. The Labute approximate surface area is 148 Å². The van der Waals surface area contributed by atoms with Gasteiger partial charge in [0.2, 0.25) is 0 Å². The van der Waals surface area contributed by atoms with Crippen LogP contribution in [0.5, 0.6) is 0 Å². The number of aromatic nitrogens is 2. The van der Waals surface area contributed by atoms with Crippen LogP contribution in [-0.4, -0.2) is 22.7 Å². The summed E-state index contributed by atoms with van der Waals surface area (Å²) in [5.41, 5.74) is 3.59. The van der Waals surface area contributed by atoms with Crippen molar-refractivity contribution in [2.45, 2.75) is 0 Å². The van der Waals surface area contributed by atoms with Crippen molar-refractivity contribution in [3.05, 3.63) is 76.6 Å². The van der Waals surface area contributed by atoms with E-state index in [1.807, 2.05) is 36.4 Å². The minimum Gasteiger partial charge on any atom is -0.267 e. The summed E-state index contributed by atoms with van der Waals surface area (Å²) < 4.78 is 0. The number of benzene rings is 2. The molecule has 26 heavy (non-hydrogen) atoms. The highest BCUT2D eigenvalue weighted by Gasteiger charge is 2.23. The Balaban J connectivity index is 2.22. The average Bonchev–Trinajstić information content (AvgIpc) is 2.69. The number of nitriles is 1. The van der Waals surface area contributed by atoms with E-state index in [1.165, 1.54) is 0 Å². The second-order valence-corrected chi connectivity index (χ2v) is 5.26. The molecular weight excluding hydrogens is 332 g/mol. The maximum Gasteiger partial charge on any atom is 0.281 e. The molecule has 1 amide bonds. The summed E-state index contributed by atoms with van der Waals surface area (Å²) in [6, 6.07) is 20.0. The molecule has 0 radical (unpaired) electrons. The number of amides is 1. The zero-order valence-electron chi connectivity index (χ0n) is 13.6. The number of carbonyl (C=O) groups is 1. The van der Waals surface area contributed by atoms with E-state index in [4.69, 9.17) is 10.1 Å². The Morgan fingerprint density at radius 1 is 1.08 bits per heavy atom. The zero-order valence-corrected chi connectivity index (χ0v) is 13.6. The molecule has 0 aliphatic rings. The number of hydrogen-bond donors (Lipinski definition) is 2. The minimum atomic E-state index is -0.750. The summed E-state index contributed by atoms with van der Waals surface area (Å²) in [5.74, 6) is -0.750. The summed E-state index contributed by atoms with van der Waals surface area (Å²) in [4.78, 5) is 29.7. The first-order chi connectivity index (χ1) is 12.7. The van der Waals surface area contributed by atoms with Crippen molar-refractivity contribution in [3.63, 3.8) is 0 Å². The molecule has 3 aromatic rings. The van der Waals surface area contributed by atoms with Crippen LogP contribution in [0.3, 0.4) is 0 Å². The summed E-state index contributed by atoms with van der Waals surface area (Å²) in [6.07, 6.45) is 0. The van der Waals surface area contributed by atoms with Crippen molar-refractivity contribution in [3.8, 4) is 28.5 Å². The van der Waals surface area contributed by atoms with Crippen molar-refractivity contribution in [1.82, 2.24) is 15.7 Å². The van der Waals surface area contributed by atoms with Gasteiger partial charge >= 0.3 is 0 Å². The highest BCUT2D eigenvalue weighted by Crippen LogP contribution is 2.31. The summed E-state index contributed by atoms with van der Waals surface area (Å²) in [7, 11) is 0. The number of carbonyl (C=O) groups excluding carboxylic acids is 1. The number of rotatable bonds is 5. The number of aromatic amines is 1. The van der Waals surface area contributed by atoms with Gasteiger partial charge in [0.1, 0.15) is 5.56 Å². The molecule has 2 N–H and O–H groups in total. The van der Waals surface area contributed by atoms with Gasteiger partial charge in [-0.1, -0.05) is 60.7 Å². The van der Waals surface area contributed by atoms with E-state index in [-0.39, 0.29) is 12.2 Å². The van der Waals surface area contributed by atoms with Crippen molar-refractivity contribution in [2.75, 3.05) is 6.61 Å². The predicted molar refractivity (Wildman–Crippen MR) is 94.8 cm³/mol. The molecule has 0 aliphatic heterocycles. The van der Waals surface area contributed by atoms with Crippen LogP contribution in [0, 0.1) is 11.3 Å². The van der Waals surface area contributed by atoms with Crippen LogP contribution in [0.15, 0.2) is 65.5 Å². The van der Waals surface area contributed by atoms with Crippen LogP contribution < -0.4 is 11.0 Å². The van der Waals surface area contributed by atoms with E-state index < -0.39 is 11.5 Å². The molecule has 0 saturated heterocycles. The van der Waals surface area contributed by atoms with E-state index in [0.717, 1.165) is 5.56 Å². The van der Waals surface area contributed by atoms with E-state index >= 15 is 0 Å². The molecule has 0 atom stereocenters. The van der Waals surface area contributed by atoms with Crippen LogP contribution in [-0.2, 0) is 4.84 Å². The normalized spacial score (nSPS) is 10.1. The smallest absolute Gasteiger partial charge is 0.267 e. The van der Waals surface area contributed by atoms with Gasteiger partial charge in [0.25, 0.3) is 11.5 Å². The van der Waals surface area contributed by atoms with Crippen LogP contribution >= 0.6 is 0 Å². The van der Waals surface area contributed by atoms with Crippen LogP contribution in [0.1, 0.15) is 10.4 Å². The average molecular weight is 346 g/mol. The van der Waals surface area contributed by atoms with Gasteiger partial charge in [0.15, 0.2) is 6.61 Å². The standard InChI is InChI=1S/C19H14N4O3/c20-11-12-26-23-19(25)16-15(13-7-3-1-4-8-13)17(21-22-18(16)24)14-9-5-2-6-10-14/h1-10H,12H2,(H,22,24)(H,23,25). The second kappa shape index (κ2) is 7.88. The number of H-pyrrole nitrogens is 1. The number of nitrogens with zero attached hydrogens (tertiary/aromatic N) is 2. The first-order valence-corrected chi connectivity index (χ1v) is 7.75. The SMILES string of the molecule is N#CCONC(=O)c1c(-c2ccccc2)c(-c2ccccc2)n[nH]c1=O. The van der Waals surface area contributed by atoms with Gasteiger partial charge in [-0.15, -0.1) is 0 Å². The highest BCUT2D eigenvalue weighted by molar-refractivity contribution is 6.03. The third kappa shape index (κ3) is 3.50. The Morgan fingerprint density at radius 3 is 2.31 bits per heavy atom. The van der Waals surface area contributed by atoms with Crippen molar-refractivity contribution in [2.24, 2.45) is 0 Å². The van der Waals surface area contributed by atoms with Gasteiger partial charge < -0.3 is 0 Å². The number of nitrogens with one attached hydrogen (secondary N) is 2. The van der Waals surface area contributed by atoms with Gasteiger partial charge in [-0.3, -0.25) is 14.4 Å². The first kappa shape index (κ1) is 17.1. The second-order valence-electron chi connectivity index (χ2n) is 5.26. The lowest BCUT2D eigenvalue weighted by Gasteiger charge is -2.13. The molecule has 0 aliphatic carbocycles. The zero-order chi connectivity index (χ0) is 18.4. The molecule has 0 saturated carbocycles. The van der Waals surface area contributed by atoms with Crippen molar-refractivity contribution < 1.29 is 9.63 Å². The maximum atomic E-state index is 12.5. The Morgan fingerprint density at radius 2 is 1.69 bits per heavy atom. The van der Waals surface area contributed by atoms with E-state index in [9.17, 15) is 9.59 Å². The summed E-state index contributed by atoms with van der Waals surface area (Å²) in [5, 5.41) is 15.0. The fraction of sp³-hybridized carbons (Fsp3) is 0.0526. The Bertz CT molecular complexity index is 1010. The first-order valence-electron chi connectivity index (χ1n) is 7.75. The van der Waals surface area contributed by atoms with Gasteiger partial charge in [0.05, 0.1) is 11.8 Å². The summed E-state index contributed by atoms with van der Waals surface area (Å²) >= 11 is 0. The molecule has 0 fully saturated rings. The van der Waals surface area contributed by atoms with E-state index in [2.05, 4.69) is 15.7 Å². The molecule has 1 aromatic heterocycles. The molecule has 0 unspecified atom stereocenters. The minimum absolute atomic E-state index is 0.136. The molecular formula is C19H14N4O3.